The van der Waals surface area contributed by atoms with Crippen LogP contribution in [0.15, 0.2) is 12.1 Å². The van der Waals surface area contributed by atoms with E-state index in [4.69, 9.17) is 14.2 Å². The largest absolute Gasteiger partial charge is 0.493 e. The van der Waals surface area contributed by atoms with E-state index in [1.165, 1.54) is 17.5 Å². The highest BCUT2D eigenvalue weighted by Gasteiger charge is 2.96. The Balaban J connectivity index is 1.54. The van der Waals surface area contributed by atoms with Gasteiger partial charge in [-0.1, -0.05) is 40.7 Å². The van der Waals surface area contributed by atoms with Crippen LogP contribution >= 0.6 is 0 Å². The molecule has 180 valence electrons. The molecule has 0 aromatic heterocycles. The Morgan fingerprint density at radius 3 is 2.45 bits per heavy atom. The van der Waals surface area contributed by atoms with E-state index in [9.17, 15) is 5.11 Å². The van der Waals surface area contributed by atoms with Gasteiger partial charge in [0.2, 0.25) is 0 Å². The van der Waals surface area contributed by atoms with Gasteiger partial charge in [-0.3, -0.25) is 0 Å². The number of methoxy groups -OCH3 is 2. The van der Waals surface area contributed by atoms with Crippen molar-refractivity contribution in [2.45, 2.75) is 96.4 Å². The van der Waals surface area contributed by atoms with Gasteiger partial charge in [0.15, 0.2) is 11.5 Å². The predicted molar refractivity (Wildman–Crippen MR) is 127 cm³/mol. The van der Waals surface area contributed by atoms with Crippen molar-refractivity contribution in [1.82, 2.24) is 0 Å². The molecule has 1 N–H and O–H groups in total. The molecule has 0 saturated heterocycles. The summed E-state index contributed by atoms with van der Waals surface area (Å²) in [5, 5.41) is 12.3. The molecule has 1 aliphatic heterocycles. The maximum Gasteiger partial charge on any atom is 0.165 e. The minimum Gasteiger partial charge on any atom is -0.493 e. The second kappa shape index (κ2) is 5.28. The van der Waals surface area contributed by atoms with Crippen molar-refractivity contribution in [3.63, 3.8) is 0 Å². The summed E-state index contributed by atoms with van der Waals surface area (Å²) in [5.74, 6) is 3.24. The molecule has 2 bridgehead atoms. The van der Waals surface area contributed by atoms with Gasteiger partial charge in [0.05, 0.1) is 12.7 Å². The lowest BCUT2D eigenvalue weighted by Crippen LogP contribution is -2.68. The monoisotopic (exact) mass is 452 g/mol. The summed E-state index contributed by atoms with van der Waals surface area (Å²) >= 11 is 0. The van der Waals surface area contributed by atoms with Gasteiger partial charge in [-0.2, -0.15) is 0 Å². The smallest absolute Gasteiger partial charge is 0.165 e. The molecule has 33 heavy (non-hydrogen) atoms. The van der Waals surface area contributed by atoms with Gasteiger partial charge in [-0.15, -0.1) is 0 Å². The highest BCUT2D eigenvalue weighted by atomic mass is 16.6. The number of benzene rings is 1. The third-order valence-corrected chi connectivity index (χ3v) is 12.8. The number of ether oxygens (including phenoxy) is 3. The average Bonchev–Trinajstić information content (AvgIpc) is 3.49. The first-order valence-electron chi connectivity index (χ1n) is 13.0. The van der Waals surface area contributed by atoms with E-state index in [2.05, 4.69) is 53.7 Å². The lowest BCUT2D eigenvalue weighted by Gasteiger charge is -2.61. The number of fused-ring (bicyclic) bond motifs is 3. The zero-order chi connectivity index (χ0) is 23.6. The van der Waals surface area contributed by atoms with Gasteiger partial charge < -0.3 is 19.3 Å². The fourth-order valence-corrected chi connectivity index (χ4v) is 11.0. The normalized spacial score (nSPS) is 51.1. The van der Waals surface area contributed by atoms with Crippen LogP contribution in [0, 0.1) is 33.5 Å². The quantitative estimate of drug-likeness (QED) is 0.675. The van der Waals surface area contributed by atoms with Gasteiger partial charge in [0, 0.05) is 23.5 Å². The molecule has 4 nitrogen and oxygen atoms in total. The van der Waals surface area contributed by atoms with Gasteiger partial charge in [0.1, 0.15) is 11.7 Å². The number of rotatable bonds is 4. The van der Waals surface area contributed by atoms with Crippen molar-refractivity contribution in [1.29, 1.82) is 0 Å². The maximum atomic E-state index is 12.3. The number of hydrogen-bond donors (Lipinski definition) is 1. The molecule has 4 saturated carbocycles. The highest BCUT2D eigenvalue weighted by molar-refractivity contribution is 5.66. The zero-order valence-corrected chi connectivity index (χ0v) is 21.6. The first kappa shape index (κ1) is 21.1. The molecular formula is C29H40O4. The van der Waals surface area contributed by atoms with E-state index in [1.807, 2.05) is 7.11 Å². The number of aliphatic hydroxyl groups is 1. The number of hydrogen-bond acceptors (Lipinski definition) is 4. The summed E-state index contributed by atoms with van der Waals surface area (Å²) in [5.41, 5.74) is 1.46. The molecule has 4 heteroatoms. The summed E-state index contributed by atoms with van der Waals surface area (Å²) in [6.45, 7) is 13.5. The SMILES string of the molecule is CC[C@]12C[C@]3(C(C)(O)C(C)(C)C)C[C@]3(OC)[C@@H]3Oc4c(OC)ccc5c4[C@@]31CC1(C5)[C@H]2[C@@H]1C. The van der Waals surface area contributed by atoms with Crippen LogP contribution in [-0.2, 0) is 16.6 Å². The molecule has 5 aliphatic carbocycles. The van der Waals surface area contributed by atoms with Gasteiger partial charge in [-0.25, -0.2) is 0 Å². The summed E-state index contributed by atoms with van der Waals surface area (Å²) in [6, 6.07) is 4.43. The van der Waals surface area contributed by atoms with Crippen LogP contribution in [0.3, 0.4) is 0 Å². The molecular weight excluding hydrogens is 412 g/mol. The third-order valence-electron chi connectivity index (χ3n) is 12.8. The van der Waals surface area contributed by atoms with E-state index in [-0.39, 0.29) is 27.8 Å². The lowest BCUT2D eigenvalue weighted by molar-refractivity contribution is -0.211. The summed E-state index contributed by atoms with van der Waals surface area (Å²) in [4.78, 5) is 0. The summed E-state index contributed by atoms with van der Waals surface area (Å²) in [7, 11) is 3.61. The molecule has 0 amide bonds. The third kappa shape index (κ3) is 1.69. The standard InChI is InChI=1S/C29H40O4/c1-9-26-14-27(24(6,30)23(3,4)5)15-29(27,32-8)22-28(26)13-25(16(2)21(25)26)12-17-10-11-18(31-7)20(33-22)19(17)28/h10-11,16,21-22,30H,9,12-15H2,1-8H3/t16-,21+,22+,24?,25?,26+,27+,28-,29-/m0/s1. The fraction of sp³-hybridized carbons (Fsp3) is 0.793. The molecule has 1 aromatic rings. The molecule has 1 aromatic carbocycles. The van der Waals surface area contributed by atoms with Crippen LogP contribution in [0.1, 0.15) is 78.4 Å². The summed E-state index contributed by atoms with van der Waals surface area (Å²) < 4.78 is 19.5. The second-order valence-corrected chi connectivity index (χ2v) is 13.8. The van der Waals surface area contributed by atoms with E-state index in [0.717, 1.165) is 43.1 Å². The van der Waals surface area contributed by atoms with Crippen molar-refractivity contribution in [3.8, 4) is 11.5 Å². The van der Waals surface area contributed by atoms with E-state index >= 15 is 0 Å². The Morgan fingerprint density at radius 1 is 1.12 bits per heavy atom. The molecule has 9 atom stereocenters. The van der Waals surface area contributed by atoms with Crippen LogP contribution in [0.25, 0.3) is 0 Å². The first-order valence-corrected chi connectivity index (χ1v) is 13.0. The van der Waals surface area contributed by atoms with Crippen molar-refractivity contribution < 1.29 is 19.3 Å². The van der Waals surface area contributed by atoms with Crippen molar-refractivity contribution >= 4 is 0 Å². The van der Waals surface area contributed by atoms with Gasteiger partial charge >= 0.3 is 0 Å². The Hall–Kier alpha value is -1.26. The van der Waals surface area contributed by atoms with E-state index in [0.29, 0.717) is 11.3 Å². The molecule has 2 unspecified atom stereocenters. The van der Waals surface area contributed by atoms with Crippen molar-refractivity contribution in [2.75, 3.05) is 14.2 Å². The van der Waals surface area contributed by atoms with Gasteiger partial charge in [0.25, 0.3) is 0 Å². The molecule has 7 rings (SSSR count). The fourth-order valence-electron chi connectivity index (χ4n) is 11.0. The van der Waals surface area contributed by atoms with Crippen molar-refractivity contribution in [2.24, 2.45) is 33.5 Å². The first-order chi connectivity index (χ1) is 15.4. The minimum absolute atomic E-state index is 0.0413. The molecule has 2 spiro atoms. The topological polar surface area (TPSA) is 47.9 Å². The van der Waals surface area contributed by atoms with Crippen LogP contribution in [0.4, 0.5) is 0 Å². The second-order valence-electron chi connectivity index (χ2n) is 13.8. The van der Waals surface area contributed by atoms with E-state index < -0.39 is 11.2 Å². The Kier molecular flexibility index (Phi) is 3.37. The lowest BCUT2D eigenvalue weighted by atomic mass is 9.44. The van der Waals surface area contributed by atoms with Crippen molar-refractivity contribution in [3.05, 3.63) is 23.3 Å². The maximum absolute atomic E-state index is 12.3. The summed E-state index contributed by atoms with van der Waals surface area (Å²) in [6.07, 6.45) is 5.32. The minimum atomic E-state index is -0.868. The zero-order valence-electron chi connectivity index (χ0n) is 21.6. The van der Waals surface area contributed by atoms with Crippen LogP contribution < -0.4 is 9.47 Å². The van der Waals surface area contributed by atoms with Crippen LogP contribution in [0.5, 0.6) is 11.5 Å². The van der Waals surface area contributed by atoms with Crippen LogP contribution in [-0.4, -0.2) is 36.6 Å². The molecule has 1 heterocycles. The Bertz CT molecular complexity index is 1100. The molecule has 6 aliphatic rings. The highest BCUT2D eigenvalue weighted by Crippen LogP contribution is 2.94. The Labute approximate surface area is 198 Å². The van der Waals surface area contributed by atoms with Gasteiger partial charge in [-0.05, 0) is 78.7 Å². The predicted octanol–water partition coefficient (Wildman–Crippen LogP) is 5.28. The Morgan fingerprint density at radius 2 is 1.85 bits per heavy atom. The average molecular weight is 453 g/mol. The van der Waals surface area contributed by atoms with E-state index in [1.54, 1.807) is 7.11 Å². The van der Waals surface area contributed by atoms with Crippen LogP contribution in [0.2, 0.25) is 0 Å². The molecule has 0 radical (unpaired) electrons. The molecule has 4 fully saturated rings.